The van der Waals surface area contributed by atoms with E-state index in [4.69, 9.17) is 4.74 Å². The molecule has 1 N–H and O–H groups in total. The van der Waals surface area contributed by atoms with E-state index in [-0.39, 0.29) is 30.0 Å². The van der Waals surface area contributed by atoms with Crippen LogP contribution in [-0.2, 0) is 14.3 Å². The number of amides is 2. The van der Waals surface area contributed by atoms with Gasteiger partial charge in [-0.3, -0.25) is 14.5 Å². The van der Waals surface area contributed by atoms with Crippen molar-refractivity contribution in [2.75, 3.05) is 33.3 Å². The van der Waals surface area contributed by atoms with Gasteiger partial charge in [-0.15, -0.1) is 0 Å². The predicted molar refractivity (Wildman–Crippen MR) is 82.4 cm³/mol. The highest BCUT2D eigenvalue weighted by Crippen LogP contribution is 2.29. The lowest BCUT2D eigenvalue weighted by molar-refractivity contribution is -0.151. The molecule has 0 spiro atoms. The Bertz CT molecular complexity index is 427. The molecule has 3 aliphatic rings. The number of morpholine rings is 1. The second-order valence-electron chi connectivity index (χ2n) is 6.59. The zero-order chi connectivity index (χ0) is 15.5. The molecule has 0 aromatic heterocycles. The Balaban J connectivity index is 1.62. The minimum absolute atomic E-state index is 0.0304. The van der Waals surface area contributed by atoms with Gasteiger partial charge in [0.1, 0.15) is 0 Å². The summed E-state index contributed by atoms with van der Waals surface area (Å²) in [6.45, 7) is 2.54. The standard InChI is InChI=1S/C16H27N3O3/c1-17-16(21)13-6-4-8-18(13)11-15(20)19-9-10-22-14-7-3-2-5-12(14)19/h12-14H,2-11H2,1H3,(H,17,21)/t12-,13-,14-/m0/s1. The lowest BCUT2D eigenvalue weighted by Gasteiger charge is -2.44. The minimum Gasteiger partial charge on any atom is -0.374 e. The van der Waals surface area contributed by atoms with E-state index in [9.17, 15) is 9.59 Å². The molecule has 0 aromatic carbocycles. The first kappa shape index (κ1) is 15.7. The number of likely N-dealkylation sites (tertiary alicyclic amines) is 1. The summed E-state index contributed by atoms with van der Waals surface area (Å²) in [7, 11) is 1.66. The largest absolute Gasteiger partial charge is 0.374 e. The Hall–Kier alpha value is -1.14. The van der Waals surface area contributed by atoms with Crippen LogP contribution in [-0.4, -0.2) is 73.1 Å². The molecule has 124 valence electrons. The molecule has 1 saturated carbocycles. The summed E-state index contributed by atoms with van der Waals surface area (Å²) in [5, 5.41) is 2.71. The molecule has 0 bridgehead atoms. The molecule has 2 heterocycles. The number of carbonyl (C=O) groups excluding carboxylic acids is 2. The SMILES string of the molecule is CNC(=O)[C@@H]1CCCN1CC(=O)N1CCO[C@H]2CCCC[C@@H]21. The lowest BCUT2D eigenvalue weighted by Crippen LogP contribution is -2.57. The Morgan fingerprint density at radius 2 is 1.95 bits per heavy atom. The normalized spacial score (nSPS) is 32.6. The van der Waals surface area contributed by atoms with Crippen LogP contribution in [0.3, 0.4) is 0 Å². The maximum Gasteiger partial charge on any atom is 0.237 e. The third-order valence-electron chi connectivity index (χ3n) is 5.30. The summed E-state index contributed by atoms with van der Waals surface area (Å²) in [4.78, 5) is 28.7. The van der Waals surface area contributed by atoms with E-state index in [1.165, 1.54) is 12.8 Å². The van der Waals surface area contributed by atoms with Gasteiger partial charge in [0.2, 0.25) is 11.8 Å². The van der Waals surface area contributed by atoms with Crippen LogP contribution in [0, 0.1) is 0 Å². The van der Waals surface area contributed by atoms with Crippen molar-refractivity contribution in [2.45, 2.75) is 56.7 Å². The first-order chi connectivity index (χ1) is 10.7. The second-order valence-corrected chi connectivity index (χ2v) is 6.59. The van der Waals surface area contributed by atoms with Crippen molar-refractivity contribution >= 4 is 11.8 Å². The molecule has 3 fully saturated rings. The highest BCUT2D eigenvalue weighted by atomic mass is 16.5. The van der Waals surface area contributed by atoms with Crippen LogP contribution < -0.4 is 5.32 Å². The van der Waals surface area contributed by atoms with E-state index in [1.807, 2.05) is 9.80 Å². The molecule has 6 heteroatoms. The smallest absolute Gasteiger partial charge is 0.237 e. The first-order valence-corrected chi connectivity index (χ1v) is 8.57. The average molecular weight is 309 g/mol. The van der Waals surface area contributed by atoms with Gasteiger partial charge in [-0.25, -0.2) is 0 Å². The van der Waals surface area contributed by atoms with Crippen molar-refractivity contribution in [1.82, 2.24) is 15.1 Å². The summed E-state index contributed by atoms with van der Waals surface area (Å²) in [6, 6.07) is 0.105. The van der Waals surface area contributed by atoms with E-state index in [0.29, 0.717) is 19.7 Å². The molecule has 22 heavy (non-hydrogen) atoms. The number of ether oxygens (including phenoxy) is 1. The molecule has 1 aliphatic carbocycles. The van der Waals surface area contributed by atoms with Gasteiger partial charge < -0.3 is 15.0 Å². The van der Waals surface area contributed by atoms with E-state index >= 15 is 0 Å². The third kappa shape index (κ3) is 3.13. The zero-order valence-corrected chi connectivity index (χ0v) is 13.4. The van der Waals surface area contributed by atoms with E-state index in [1.54, 1.807) is 7.05 Å². The predicted octanol–water partition coefficient (Wildman–Crippen LogP) is 0.367. The van der Waals surface area contributed by atoms with Crippen molar-refractivity contribution in [3.63, 3.8) is 0 Å². The molecule has 0 aromatic rings. The second kappa shape index (κ2) is 6.96. The number of rotatable bonds is 3. The Morgan fingerprint density at radius 3 is 2.77 bits per heavy atom. The molecule has 3 atom stereocenters. The monoisotopic (exact) mass is 309 g/mol. The lowest BCUT2D eigenvalue weighted by atomic mass is 9.90. The van der Waals surface area contributed by atoms with E-state index < -0.39 is 0 Å². The van der Waals surface area contributed by atoms with Crippen molar-refractivity contribution in [3.8, 4) is 0 Å². The van der Waals surface area contributed by atoms with Crippen molar-refractivity contribution in [3.05, 3.63) is 0 Å². The number of nitrogens with one attached hydrogen (secondary N) is 1. The fourth-order valence-electron chi connectivity index (χ4n) is 4.15. The topological polar surface area (TPSA) is 61.9 Å². The highest BCUT2D eigenvalue weighted by Gasteiger charge is 2.38. The van der Waals surface area contributed by atoms with Gasteiger partial charge in [-0.2, -0.15) is 0 Å². The number of hydrogen-bond donors (Lipinski definition) is 1. The van der Waals surface area contributed by atoms with Crippen LogP contribution in [0.15, 0.2) is 0 Å². The quantitative estimate of drug-likeness (QED) is 0.818. The maximum atomic E-state index is 12.8. The number of likely N-dealkylation sites (N-methyl/N-ethyl adjacent to an activating group) is 1. The van der Waals surface area contributed by atoms with Crippen LogP contribution in [0.2, 0.25) is 0 Å². The number of hydrogen-bond acceptors (Lipinski definition) is 4. The van der Waals surface area contributed by atoms with Crippen LogP contribution in [0.5, 0.6) is 0 Å². The molecule has 2 amide bonds. The maximum absolute atomic E-state index is 12.8. The minimum atomic E-state index is -0.142. The average Bonchev–Trinajstić information content (AvgIpc) is 3.01. The molecular weight excluding hydrogens is 282 g/mol. The summed E-state index contributed by atoms with van der Waals surface area (Å²) >= 11 is 0. The van der Waals surface area contributed by atoms with Crippen molar-refractivity contribution in [2.24, 2.45) is 0 Å². The van der Waals surface area contributed by atoms with Gasteiger partial charge in [0.15, 0.2) is 0 Å². The number of carbonyl (C=O) groups is 2. The van der Waals surface area contributed by atoms with Gasteiger partial charge in [0.25, 0.3) is 0 Å². The molecule has 2 saturated heterocycles. The Labute approximate surface area is 132 Å². The summed E-state index contributed by atoms with van der Waals surface area (Å²) in [5.41, 5.74) is 0. The number of fused-ring (bicyclic) bond motifs is 1. The summed E-state index contributed by atoms with van der Waals surface area (Å²) < 4.78 is 5.84. The van der Waals surface area contributed by atoms with Crippen LogP contribution in [0.1, 0.15) is 38.5 Å². The Kier molecular flexibility index (Phi) is 4.98. The van der Waals surface area contributed by atoms with Crippen LogP contribution >= 0.6 is 0 Å². The van der Waals surface area contributed by atoms with Crippen molar-refractivity contribution < 1.29 is 14.3 Å². The fraction of sp³-hybridized carbons (Fsp3) is 0.875. The number of nitrogens with zero attached hydrogens (tertiary/aromatic N) is 2. The van der Waals surface area contributed by atoms with Gasteiger partial charge >= 0.3 is 0 Å². The fourth-order valence-corrected chi connectivity index (χ4v) is 4.15. The summed E-state index contributed by atoms with van der Waals surface area (Å²) in [6.07, 6.45) is 6.56. The van der Waals surface area contributed by atoms with E-state index in [2.05, 4.69) is 5.32 Å². The van der Waals surface area contributed by atoms with E-state index in [0.717, 1.165) is 32.2 Å². The van der Waals surface area contributed by atoms with Gasteiger partial charge in [0, 0.05) is 13.6 Å². The van der Waals surface area contributed by atoms with Gasteiger partial charge in [0.05, 0.1) is 31.3 Å². The molecule has 3 rings (SSSR count). The van der Waals surface area contributed by atoms with Crippen LogP contribution in [0.4, 0.5) is 0 Å². The molecule has 0 radical (unpaired) electrons. The third-order valence-corrected chi connectivity index (χ3v) is 5.30. The first-order valence-electron chi connectivity index (χ1n) is 8.57. The van der Waals surface area contributed by atoms with Crippen molar-refractivity contribution in [1.29, 1.82) is 0 Å². The highest BCUT2D eigenvalue weighted by molar-refractivity contribution is 5.84. The van der Waals surface area contributed by atoms with Gasteiger partial charge in [-0.05, 0) is 32.2 Å². The van der Waals surface area contributed by atoms with Gasteiger partial charge in [-0.1, -0.05) is 12.8 Å². The molecule has 2 aliphatic heterocycles. The molecule has 0 unspecified atom stereocenters. The van der Waals surface area contributed by atoms with Crippen LogP contribution in [0.25, 0.3) is 0 Å². The Morgan fingerprint density at radius 1 is 1.14 bits per heavy atom. The zero-order valence-electron chi connectivity index (χ0n) is 13.4. The summed E-state index contributed by atoms with van der Waals surface area (Å²) in [5.74, 6) is 0.193. The molecule has 6 nitrogen and oxygen atoms in total. The molecular formula is C16H27N3O3.